The van der Waals surface area contributed by atoms with E-state index in [1.54, 1.807) is 6.07 Å². The van der Waals surface area contributed by atoms with Crippen molar-refractivity contribution in [3.8, 4) is 0 Å². The first-order valence-electron chi connectivity index (χ1n) is 6.57. The van der Waals surface area contributed by atoms with Gasteiger partial charge in [-0.3, -0.25) is 0 Å². The highest BCUT2D eigenvalue weighted by Gasteiger charge is 2.27. The number of halogens is 2. The summed E-state index contributed by atoms with van der Waals surface area (Å²) in [5.74, 6) is -0.265. The van der Waals surface area contributed by atoms with Gasteiger partial charge in [0.2, 0.25) is 0 Å². The predicted octanol–water partition coefficient (Wildman–Crippen LogP) is 4.07. The average Bonchev–Trinajstić information content (AvgIpc) is 2.87. The standard InChI is InChI=1S/C16H15ClFNS/c17-13-6-5-12(18)7-11(13)8-14(19)16-9-10-3-1-2-4-15(10)20-16/h1-7,14,16H,8-9,19H2. The lowest BCUT2D eigenvalue weighted by atomic mass is 9.99. The van der Waals surface area contributed by atoms with Crippen LogP contribution in [0.15, 0.2) is 47.4 Å². The third kappa shape index (κ3) is 2.85. The summed E-state index contributed by atoms with van der Waals surface area (Å²) in [5, 5.41) is 0.911. The SMILES string of the molecule is NC(Cc1cc(F)ccc1Cl)C1Cc2ccccc2S1. The first kappa shape index (κ1) is 13.9. The quantitative estimate of drug-likeness (QED) is 0.925. The lowest BCUT2D eigenvalue weighted by molar-refractivity contribution is 0.610. The Morgan fingerprint density at radius 2 is 2.10 bits per heavy atom. The summed E-state index contributed by atoms with van der Waals surface area (Å²) in [6.45, 7) is 0. The van der Waals surface area contributed by atoms with Crippen LogP contribution in [-0.2, 0) is 12.8 Å². The number of nitrogens with two attached hydrogens (primary N) is 1. The van der Waals surface area contributed by atoms with E-state index >= 15 is 0 Å². The van der Waals surface area contributed by atoms with E-state index in [-0.39, 0.29) is 11.9 Å². The van der Waals surface area contributed by atoms with Crippen molar-refractivity contribution in [2.24, 2.45) is 5.73 Å². The van der Waals surface area contributed by atoms with Gasteiger partial charge in [-0.15, -0.1) is 11.8 Å². The monoisotopic (exact) mass is 307 g/mol. The molecule has 0 amide bonds. The smallest absolute Gasteiger partial charge is 0.123 e. The van der Waals surface area contributed by atoms with Crippen molar-refractivity contribution in [3.05, 3.63) is 64.4 Å². The minimum Gasteiger partial charge on any atom is -0.326 e. The maximum Gasteiger partial charge on any atom is 0.123 e. The highest BCUT2D eigenvalue weighted by molar-refractivity contribution is 8.00. The minimum atomic E-state index is -0.265. The van der Waals surface area contributed by atoms with Crippen molar-refractivity contribution < 1.29 is 4.39 Å². The van der Waals surface area contributed by atoms with Crippen molar-refractivity contribution in [1.29, 1.82) is 0 Å². The van der Waals surface area contributed by atoms with E-state index in [9.17, 15) is 4.39 Å². The molecule has 2 aromatic carbocycles. The maximum atomic E-state index is 13.3. The molecule has 0 aromatic heterocycles. The van der Waals surface area contributed by atoms with Crippen LogP contribution in [0.25, 0.3) is 0 Å². The molecule has 1 nitrogen and oxygen atoms in total. The molecule has 2 atom stereocenters. The zero-order valence-corrected chi connectivity index (χ0v) is 12.4. The van der Waals surface area contributed by atoms with Gasteiger partial charge in [-0.05, 0) is 48.2 Å². The number of fused-ring (bicyclic) bond motifs is 1. The highest BCUT2D eigenvalue weighted by Crippen LogP contribution is 2.38. The molecule has 0 saturated heterocycles. The van der Waals surface area contributed by atoms with Gasteiger partial charge in [-0.1, -0.05) is 29.8 Å². The summed E-state index contributed by atoms with van der Waals surface area (Å²) in [7, 11) is 0. The van der Waals surface area contributed by atoms with Crippen molar-refractivity contribution in [1.82, 2.24) is 0 Å². The predicted molar refractivity (Wildman–Crippen MR) is 82.9 cm³/mol. The molecular weight excluding hydrogens is 293 g/mol. The molecule has 2 N–H and O–H groups in total. The zero-order valence-electron chi connectivity index (χ0n) is 10.9. The molecule has 1 aliphatic rings. The number of rotatable bonds is 3. The number of benzene rings is 2. The minimum absolute atomic E-state index is 0.0355. The molecule has 2 aromatic rings. The van der Waals surface area contributed by atoms with E-state index in [2.05, 4.69) is 18.2 Å². The largest absolute Gasteiger partial charge is 0.326 e. The molecule has 0 spiro atoms. The Labute approximate surface area is 127 Å². The molecule has 0 saturated carbocycles. The molecule has 0 fully saturated rings. The Kier molecular flexibility index (Phi) is 4.01. The van der Waals surface area contributed by atoms with E-state index in [1.165, 1.54) is 22.6 Å². The molecule has 3 rings (SSSR count). The van der Waals surface area contributed by atoms with Crippen LogP contribution in [0, 0.1) is 5.82 Å². The molecule has 4 heteroatoms. The van der Waals surface area contributed by atoms with Gasteiger partial charge in [-0.25, -0.2) is 4.39 Å². The third-order valence-corrected chi connectivity index (χ3v) is 5.45. The fraction of sp³-hybridized carbons (Fsp3) is 0.250. The second-order valence-electron chi connectivity index (χ2n) is 5.07. The molecule has 0 bridgehead atoms. The van der Waals surface area contributed by atoms with Crippen LogP contribution in [0.2, 0.25) is 5.02 Å². The molecule has 104 valence electrons. The van der Waals surface area contributed by atoms with Gasteiger partial charge in [0.05, 0.1) is 0 Å². The van der Waals surface area contributed by atoms with Crippen molar-refractivity contribution in [3.63, 3.8) is 0 Å². The first-order valence-corrected chi connectivity index (χ1v) is 7.83. The Morgan fingerprint density at radius 3 is 2.90 bits per heavy atom. The second-order valence-corrected chi connectivity index (χ2v) is 6.76. The summed E-state index contributed by atoms with van der Waals surface area (Å²) < 4.78 is 13.3. The van der Waals surface area contributed by atoms with Crippen LogP contribution in [-0.4, -0.2) is 11.3 Å². The molecule has 20 heavy (non-hydrogen) atoms. The first-order chi connectivity index (χ1) is 9.63. The third-order valence-electron chi connectivity index (χ3n) is 3.61. The molecule has 0 aliphatic carbocycles. The van der Waals surface area contributed by atoms with Gasteiger partial charge >= 0.3 is 0 Å². The number of hydrogen-bond acceptors (Lipinski definition) is 2. The van der Waals surface area contributed by atoms with Crippen LogP contribution < -0.4 is 5.73 Å². The number of hydrogen-bond donors (Lipinski definition) is 1. The van der Waals surface area contributed by atoms with Gasteiger partial charge in [0.15, 0.2) is 0 Å². The van der Waals surface area contributed by atoms with Gasteiger partial charge in [-0.2, -0.15) is 0 Å². The normalized spacial score (nSPS) is 18.9. The van der Waals surface area contributed by atoms with E-state index in [0.717, 1.165) is 12.0 Å². The van der Waals surface area contributed by atoms with E-state index in [0.29, 0.717) is 16.7 Å². The summed E-state index contributed by atoms with van der Waals surface area (Å²) in [6.07, 6.45) is 1.57. The fourth-order valence-electron chi connectivity index (χ4n) is 2.53. The van der Waals surface area contributed by atoms with Crippen LogP contribution in [0.1, 0.15) is 11.1 Å². The Hall–Kier alpha value is -1.03. The lowest BCUT2D eigenvalue weighted by Crippen LogP contribution is -2.34. The lowest BCUT2D eigenvalue weighted by Gasteiger charge is -2.18. The summed E-state index contributed by atoms with van der Waals surface area (Å²) in [6, 6.07) is 12.8. The summed E-state index contributed by atoms with van der Waals surface area (Å²) >= 11 is 7.92. The van der Waals surface area contributed by atoms with Crippen molar-refractivity contribution >= 4 is 23.4 Å². The van der Waals surface area contributed by atoms with Crippen molar-refractivity contribution in [2.45, 2.75) is 29.0 Å². The Morgan fingerprint density at radius 1 is 1.30 bits per heavy atom. The van der Waals surface area contributed by atoms with Crippen LogP contribution in [0.3, 0.4) is 0 Å². The van der Waals surface area contributed by atoms with E-state index in [4.69, 9.17) is 17.3 Å². The van der Waals surface area contributed by atoms with Crippen molar-refractivity contribution in [2.75, 3.05) is 0 Å². The fourth-order valence-corrected chi connectivity index (χ4v) is 4.05. The molecule has 1 aliphatic heterocycles. The van der Waals surface area contributed by atoms with Crippen LogP contribution in [0.5, 0.6) is 0 Å². The highest BCUT2D eigenvalue weighted by atomic mass is 35.5. The van der Waals surface area contributed by atoms with Gasteiger partial charge in [0, 0.05) is 21.2 Å². The van der Waals surface area contributed by atoms with Gasteiger partial charge in [0.1, 0.15) is 5.82 Å². The van der Waals surface area contributed by atoms with Crippen LogP contribution in [0.4, 0.5) is 4.39 Å². The van der Waals surface area contributed by atoms with Gasteiger partial charge < -0.3 is 5.73 Å². The zero-order chi connectivity index (χ0) is 14.1. The Bertz CT molecular complexity index is 607. The second kappa shape index (κ2) is 5.76. The van der Waals surface area contributed by atoms with E-state index in [1.807, 2.05) is 17.8 Å². The summed E-state index contributed by atoms with van der Waals surface area (Å²) in [5.41, 5.74) is 8.45. The molecule has 1 heterocycles. The summed E-state index contributed by atoms with van der Waals surface area (Å²) in [4.78, 5) is 1.30. The maximum absolute atomic E-state index is 13.3. The van der Waals surface area contributed by atoms with Gasteiger partial charge in [0.25, 0.3) is 0 Å². The molecule has 0 radical (unpaired) electrons. The topological polar surface area (TPSA) is 26.0 Å². The van der Waals surface area contributed by atoms with E-state index < -0.39 is 0 Å². The van der Waals surface area contributed by atoms with Crippen LogP contribution >= 0.6 is 23.4 Å². The average molecular weight is 308 g/mol. The molecule has 2 unspecified atom stereocenters. The number of thioether (sulfide) groups is 1. The molecular formula is C16H15ClFNS. The Balaban J connectivity index is 1.72.